The average molecular weight is 318 g/mol. The molecule has 0 bridgehead atoms. The first-order valence-electron chi connectivity index (χ1n) is 7.12. The van der Waals surface area contributed by atoms with E-state index >= 15 is 0 Å². The van der Waals surface area contributed by atoms with Gasteiger partial charge in [-0.3, -0.25) is 4.90 Å². The van der Waals surface area contributed by atoms with Gasteiger partial charge in [-0.15, -0.1) is 0 Å². The zero-order valence-corrected chi connectivity index (χ0v) is 13.0. The average Bonchev–Trinajstić information content (AvgIpc) is 2.42. The zero-order chi connectivity index (χ0) is 13.2. The van der Waals surface area contributed by atoms with E-state index in [0.717, 1.165) is 12.5 Å². The molecule has 1 aliphatic rings. The molecule has 1 nitrogen and oxygen atoms in total. The van der Waals surface area contributed by atoms with Crippen LogP contribution in [0.4, 0.5) is 0 Å². The summed E-state index contributed by atoms with van der Waals surface area (Å²) in [4.78, 5) is 2.59. The summed E-state index contributed by atoms with van der Waals surface area (Å²) < 4.78 is 1.21. The third kappa shape index (κ3) is 2.85. The van der Waals surface area contributed by atoms with Crippen LogP contribution in [0.2, 0.25) is 0 Å². The van der Waals surface area contributed by atoms with Gasteiger partial charge in [0.2, 0.25) is 0 Å². The van der Waals surface area contributed by atoms with Crippen molar-refractivity contribution in [2.45, 2.75) is 26.3 Å². The second-order valence-electron chi connectivity index (χ2n) is 5.71. The molecule has 19 heavy (non-hydrogen) atoms. The fourth-order valence-electron chi connectivity index (χ4n) is 2.96. The molecule has 0 saturated carbocycles. The third-order valence-electron chi connectivity index (χ3n) is 4.21. The van der Waals surface area contributed by atoms with Crippen molar-refractivity contribution < 1.29 is 0 Å². The van der Waals surface area contributed by atoms with Crippen LogP contribution in [0.5, 0.6) is 0 Å². The molecule has 2 aromatic rings. The third-order valence-corrected chi connectivity index (χ3v) is 4.87. The summed E-state index contributed by atoms with van der Waals surface area (Å²) in [5, 5.41) is 2.71. The van der Waals surface area contributed by atoms with E-state index in [4.69, 9.17) is 0 Å². The van der Waals surface area contributed by atoms with Crippen molar-refractivity contribution in [2.75, 3.05) is 13.1 Å². The number of piperidine rings is 1. The van der Waals surface area contributed by atoms with E-state index in [1.165, 1.54) is 46.7 Å². The molecule has 1 aliphatic heterocycles. The van der Waals surface area contributed by atoms with Gasteiger partial charge in [0.1, 0.15) is 0 Å². The summed E-state index contributed by atoms with van der Waals surface area (Å²) in [6, 6.07) is 13.1. The first-order valence-corrected chi connectivity index (χ1v) is 7.92. The van der Waals surface area contributed by atoms with Gasteiger partial charge in [-0.25, -0.2) is 0 Å². The van der Waals surface area contributed by atoms with Gasteiger partial charge in [-0.1, -0.05) is 53.2 Å². The standard InChI is InChI=1S/C17H20BrN/c1-13-8-10-19(11-9-13)12-15-6-2-4-14-5-3-7-16(18)17(14)15/h2-7,13H,8-12H2,1H3. The first kappa shape index (κ1) is 13.1. The van der Waals surface area contributed by atoms with Gasteiger partial charge in [-0.2, -0.15) is 0 Å². The Balaban J connectivity index is 1.88. The Bertz CT molecular complexity index is 565. The molecular weight excluding hydrogens is 298 g/mol. The monoisotopic (exact) mass is 317 g/mol. The van der Waals surface area contributed by atoms with Crippen molar-refractivity contribution in [1.82, 2.24) is 4.90 Å². The molecule has 1 heterocycles. The van der Waals surface area contributed by atoms with E-state index in [0.29, 0.717) is 0 Å². The second-order valence-corrected chi connectivity index (χ2v) is 6.57. The largest absolute Gasteiger partial charge is 0.299 e. The summed E-state index contributed by atoms with van der Waals surface area (Å²) in [5.74, 6) is 0.899. The molecule has 1 saturated heterocycles. The highest BCUT2D eigenvalue weighted by Gasteiger charge is 2.16. The van der Waals surface area contributed by atoms with Crippen LogP contribution >= 0.6 is 15.9 Å². The molecule has 3 rings (SSSR count). The van der Waals surface area contributed by atoms with Crippen LogP contribution in [-0.4, -0.2) is 18.0 Å². The minimum Gasteiger partial charge on any atom is -0.299 e. The highest BCUT2D eigenvalue weighted by molar-refractivity contribution is 9.10. The van der Waals surface area contributed by atoms with Crippen LogP contribution in [0.3, 0.4) is 0 Å². The van der Waals surface area contributed by atoms with Crippen LogP contribution in [0, 0.1) is 5.92 Å². The lowest BCUT2D eigenvalue weighted by molar-refractivity contribution is 0.186. The van der Waals surface area contributed by atoms with Gasteiger partial charge in [0.15, 0.2) is 0 Å². The Labute approximate surface area is 123 Å². The lowest BCUT2D eigenvalue weighted by atomic mass is 9.98. The number of halogens is 1. The molecule has 0 aliphatic carbocycles. The van der Waals surface area contributed by atoms with Gasteiger partial charge < -0.3 is 0 Å². The zero-order valence-electron chi connectivity index (χ0n) is 11.4. The molecule has 2 heteroatoms. The molecule has 0 atom stereocenters. The summed E-state index contributed by atoms with van der Waals surface area (Å²) in [6.07, 6.45) is 2.68. The fraction of sp³-hybridized carbons (Fsp3) is 0.412. The maximum atomic E-state index is 3.70. The van der Waals surface area contributed by atoms with Crippen LogP contribution in [0.25, 0.3) is 10.8 Å². The SMILES string of the molecule is CC1CCN(Cc2cccc3cccc(Br)c23)CC1. The Morgan fingerprint density at radius 2 is 1.79 bits per heavy atom. The Morgan fingerprint density at radius 1 is 1.11 bits per heavy atom. The van der Waals surface area contributed by atoms with Crippen molar-refractivity contribution in [3.63, 3.8) is 0 Å². The molecule has 2 aromatic carbocycles. The van der Waals surface area contributed by atoms with Crippen LogP contribution in [0.1, 0.15) is 25.3 Å². The number of rotatable bonds is 2. The number of benzene rings is 2. The summed E-state index contributed by atoms with van der Waals surface area (Å²) in [7, 11) is 0. The fourth-order valence-corrected chi connectivity index (χ4v) is 3.60. The summed E-state index contributed by atoms with van der Waals surface area (Å²) in [5.41, 5.74) is 1.44. The molecule has 0 aromatic heterocycles. The predicted octanol–water partition coefficient (Wildman–Crippen LogP) is 4.83. The number of hydrogen-bond acceptors (Lipinski definition) is 1. The minimum atomic E-state index is 0.899. The van der Waals surface area contributed by atoms with E-state index in [2.05, 4.69) is 64.2 Å². The van der Waals surface area contributed by atoms with Crippen LogP contribution in [0.15, 0.2) is 40.9 Å². The molecule has 0 unspecified atom stereocenters. The molecular formula is C17H20BrN. The van der Waals surface area contributed by atoms with Crippen molar-refractivity contribution in [3.05, 3.63) is 46.4 Å². The predicted molar refractivity (Wildman–Crippen MR) is 85.3 cm³/mol. The number of fused-ring (bicyclic) bond motifs is 1. The lowest BCUT2D eigenvalue weighted by Gasteiger charge is -2.30. The summed E-state index contributed by atoms with van der Waals surface area (Å²) >= 11 is 3.70. The molecule has 1 fully saturated rings. The van der Waals surface area contributed by atoms with Crippen molar-refractivity contribution >= 4 is 26.7 Å². The maximum Gasteiger partial charge on any atom is 0.0256 e. The van der Waals surface area contributed by atoms with E-state index < -0.39 is 0 Å². The minimum absolute atomic E-state index is 0.899. The second kappa shape index (κ2) is 5.64. The topological polar surface area (TPSA) is 3.24 Å². The van der Waals surface area contributed by atoms with Gasteiger partial charge in [-0.05, 0) is 48.9 Å². The molecule has 0 spiro atoms. The number of likely N-dealkylation sites (tertiary alicyclic amines) is 1. The number of nitrogens with zero attached hydrogens (tertiary/aromatic N) is 1. The van der Waals surface area contributed by atoms with Crippen LogP contribution < -0.4 is 0 Å². The highest BCUT2D eigenvalue weighted by atomic mass is 79.9. The van der Waals surface area contributed by atoms with E-state index in [1.807, 2.05) is 0 Å². The summed E-state index contributed by atoms with van der Waals surface area (Å²) in [6.45, 7) is 5.92. The molecule has 100 valence electrons. The Hall–Kier alpha value is -0.860. The highest BCUT2D eigenvalue weighted by Crippen LogP contribution is 2.29. The van der Waals surface area contributed by atoms with E-state index in [-0.39, 0.29) is 0 Å². The van der Waals surface area contributed by atoms with Gasteiger partial charge in [0, 0.05) is 16.4 Å². The van der Waals surface area contributed by atoms with E-state index in [9.17, 15) is 0 Å². The first-order chi connectivity index (χ1) is 9.24. The molecule has 0 N–H and O–H groups in total. The number of hydrogen-bond donors (Lipinski definition) is 0. The van der Waals surface area contributed by atoms with Crippen LogP contribution in [-0.2, 0) is 6.54 Å². The molecule has 0 amide bonds. The van der Waals surface area contributed by atoms with Crippen molar-refractivity contribution in [3.8, 4) is 0 Å². The van der Waals surface area contributed by atoms with Crippen molar-refractivity contribution in [1.29, 1.82) is 0 Å². The maximum absolute atomic E-state index is 3.70. The lowest BCUT2D eigenvalue weighted by Crippen LogP contribution is -2.32. The van der Waals surface area contributed by atoms with Crippen molar-refractivity contribution in [2.24, 2.45) is 5.92 Å². The Morgan fingerprint density at radius 3 is 2.53 bits per heavy atom. The smallest absolute Gasteiger partial charge is 0.0256 e. The normalized spacial score (nSPS) is 18.0. The quantitative estimate of drug-likeness (QED) is 0.766. The van der Waals surface area contributed by atoms with E-state index in [1.54, 1.807) is 0 Å². The van der Waals surface area contributed by atoms with Gasteiger partial charge >= 0.3 is 0 Å². The Kier molecular flexibility index (Phi) is 3.90. The van der Waals surface area contributed by atoms with Gasteiger partial charge in [0.05, 0.1) is 0 Å². The van der Waals surface area contributed by atoms with Gasteiger partial charge in [0.25, 0.3) is 0 Å². The molecule has 0 radical (unpaired) electrons.